The molecule has 0 saturated heterocycles. The summed E-state index contributed by atoms with van der Waals surface area (Å²) >= 11 is 5.96. The van der Waals surface area contributed by atoms with Crippen molar-refractivity contribution < 1.29 is 18.0 Å². The van der Waals surface area contributed by atoms with Crippen LogP contribution in [0.15, 0.2) is 47.4 Å². The average molecular weight is 518 g/mol. The summed E-state index contributed by atoms with van der Waals surface area (Å²) in [5, 5.41) is 0.416. The van der Waals surface area contributed by atoms with Gasteiger partial charge in [0.05, 0.1) is 4.90 Å². The molecule has 1 fully saturated rings. The second-order valence-electron chi connectivity index (χ2n) is 9.99. The molecule has 1 aliphatic heterocycles. The highest BCUT2D eigenvalue weighted by atomic mass is 35.5. The number of sulfonamides is 1. The number of benzene rings is 2. The van der Waals surface area contributed by atoms with Crippen molar-refractivity contribution in [3.05, 3.63) is 64.2 Å². The maximum absolute atomic E-state index is 13.7. The first-order valence-corrected chi connectivity index (χ1v) is 13.9. The minimum atomic E-state index is -4.05. The van der Waals surface area contributed by atoms with Crippen LogP contribution in [0, 0.1) is 11.8 Å². The molecule has 1 atom stereocenters. The molecule has 4 rings (SSSR count). The SMILES string of the molecule is CC(C)C[C@H](C(N)=O)N(Cc1ccc2c(c1)CCN(CC1CC1)C2=O)S(=O)(=O)c1ccc(Cl)cc1. The molecule has 1 heterocycles. The second kappa shape index (κ2) is 10.3. The number of amides is 2. The van der Waals surface area contributed by atoms with Crippen LogP contribution in [0.5, 0.6) is 0 Å². The average Bonchev–Trinajstić information content (AvgIpc) is 3.62. The van der Waals surface area contributed by atoms with Crippen molar-refractivity contribution in [1.82, 2.24) is 9.21 Å². The minimum Gasteiger partial charge on any atom is -0.368 e. The lowest BCUT2D eigenvalue weighted by Crippen LogP contribution is -2.48. The molecule has 2 aliphatic rings. The van der Waals surface area contributed by atoms with Gasteiger partial charge in [-0.3, -0.25) is 9.59 Å². The Hall–Kier alpha value is -2.42. The van der Waals surface area contributed by atoms with Gasteiger partial charge >= 0.3 is 0 Å². The molecule has 2 aromatic carbocycles. The topological polar surface area (TPSA) is 101 Å². The number of rotatable bonds is 10. The van der Waals surface area contributed by atoms with Crippen LogP contribution in [-0.2, 0) is 27.8 Å². The number of carbonyl (C=O) groups excluding carboxylic acids is 2. The van der Waals surface area contributed by atoms with Gasteiger partial charge in [0.2, 0.25) is 15.9 Å². The Morgan fingerprint density at radius 3 is 2.46 bits per heavy atom. The summed E-state index contributed by atoms with van der Waals surface area (Å²) in [5.74, 6) is 0.0115. The van der Waals surface area contributed by atoms with Crippen molar-refractivity contribution in [2.24, 2.45) is 17.6 Å². The third kappa shape index (κ3) is 5.88. The number of primary amides is 1. The summed E-state index contributed by atoms with van der Waals surface area (Å²) in [7, 11) is -4.05. The quantitative estimate of drug-likeness (QED) is 0.517. The number of hydrogen-bond donors (Lipinski definition) is 1. The van der Waals surface area contributed by atoms with E-state index in [0.29, 0.717) is 35.0 Å². The summed E-state index contributed by atoms with van der Waals surface area (Å²) in [4.78, 5) is 27.4. The maximum atomic E-state index is 13.7. The number of nitrogens with two attached hydrogens (primary N) is 1. The van der Waals surface area contributed by atoms with E-state index in [1.807, 2.05) is 24.8 Å². The summed E-state index contributed by atoms with van der Waals surface area (Å²) in [6, 6.07) is 10.3. The Morgan fingerprint density at radius 1 is 1.17 bits per heavy atom. The van der Waals surface area contributed by atoms with Crippen LogP contribution < -0.4 is 5.73 Å². The third-order valence-electron chi connectivity index (χ3n) is 6.64. The summed E-state index contributed by atoms with van der Waals surface area (Å²) in [5.41, 5.74) is 7.99. The zero-order chi connectivity index (χ0) is 25.3. The Morgan fingerprint density at radius 2 is 1.86 bits per heavy atom. The Bertz CT molecular complexity index is 1210. The fourth-order valence-electron chi connectivity index (χ4n) is 4.58. The van der Waals surface area contributed by atoms with E-state index in [1.165, 1.54) is 41.4 Å². The highest BCUT2D eigenvalue weighted by Crippen LogP contribution is 2.32. The molecule has 35 heavy (non-hydrogen) atoms. The minimum absolute atomic E-state index is 0.0292. The van der Waals surface area contributed by atoms with Crippen LogP contribution in [-0.4, -0.2) is 48.6 Å². The summed E-state index contributed by atoms with van der Waals surface area (Å²) < 4.78 is 28.5. The highest BCUT2D eigenvalue weighted by Gasteiger charge is 2.36. The first kappa shape index (κ1) is 25.7. The van der Waals surface area contributed by atoms with E-state index < -0.39 is 22.0 Å². The predicted molar refractivity (Wildman–Crippen MR) is 135 cm³/mol. The van der Waals surface area contributed by atoms with Gasteiger partial charge in [-0.1, -0.05) is 37.6 Å². The lowest BCUT2D eigenvalue weighted by molar-refractivity contribution is -0.122. The van der Waals surface area contributed by atoms with Gasteiger partial charge in [0, 0.05) is 30.2 Å². The molecule has 2 N–H and O–H groups in total. The van der Waals surface area contributed by atoms with E-state index in [0.717, 1.165) is 18.5 Å². The smallest absolute Gasteiger partial charge is 0.254 e. The van der Waals surface area contributed by atoms with E-state index in [4.69, 9.17) is 17.3 Å². The van der Waals surface area contributed by atoms with Gasteiger partial charge in [0.1, 0.15) is 6.04 Å². The molecule has 0 radical (unpaired) electrons. The van der Waals surface area contributed by atoms with E-state index >= 15 is 0 Å². The molecule has 9 heteroatoms. The van der Waals surface area contributed by atoms with Crippen molar-refractivity contribution in [3.63, 3.8) is 0 Å². The van der Waals surface area contributed by atoms with Crippen molar-refractivity contribution in [1.29, 1.82) is 0 Å². The second-order valence-corrected chi connectivity index (χ2v) is 12.3. The van der Waals surface area contributed by atoms with E-state index in [1.54, 1.807) is 12.1 Å². The van der Waals surface area contributed by atoms with Crippen LogP contribution >= 0.6 is 11.6 Å². The summed E-state index contributed by atoms with van der Waals surface area (Å²) in [6.45, 7) is 5.28. The predicted octanol–water partition coefficient (Wildman–Crippen LogP) is 3.84. The van der Waals surface area contributed by atoms with Crippen molar-refractivity contribution in [2.45, 2.75) is 57.0 Å². The third-order valence-corrected chi connectivity index (χ3v) is 8.76. The van der Waals surface area contributed by atoms with Crippen molar-refractivity contribution >= 4 is 33.4 Å². The molecule has 188 valence electrons. The molecule has 0 bridgehead atoms. The van der Waals surface area contributed by atoms with E-state index in [9.17, 15) is 18.0 Å². The highest BCUT2D eigenvalue weighted by molar-refractivity contribution is 7.89. The Labute approximate surface area is 212 Å². The van der Waals surface area contributed by atoms with Gasteiger partial charge in [-0.05, 0) is 79.0 Å². The number of carbonyl (C=O) groups is 2. The first-order chi connectivity index (χ1) is 16.6. The molecule has 7 nitrogen and oxygen atoms in total. The normalized spacial score (nSPS) is 17.1. The van der Waals surface area contributed by atoms with Gasteiger partial charge in [0.25, 0.3) is 5.91 Å². The monoisotopic (exact) mass is 517 g/mol. The number of hydrogen-bond acceptors (Lipinski definition) is 4. The molecule has 2 amide bonds. The molecule has 0 aromatic heterocycles. The first-order valence-electron chi connectivity index (χ1n) is 12.0. The standard InChI is InChI=1S/C26H32ClN3O4S/c1-17(2)13-24(25(28)31)30(35(33,34)22-8-6-21(27)7-9-22)16-19-5-10-23-20(14-19)11-12-29(26(23)32)15-18-3-4-18/h5-10,14,17-18,24H,3-4,11-13,15-16H2,1-2H3,(H2,28,31)/t24-/m1/s1. The maximum Gasteiger partial charge on any atom is 0.254 e. The van der Waals surface area contributed by atoms with Crippen LogP contribution in [0.25, 0.3) is 0 Å². The van der Waals surface area contributed by atoms with Gasteiger partial charge in [0.15, 0.2) is 0 Å². The van der Waals surface area contributed by atoms with Gasteiger partial charge in [-0.25, -0.2) is 8.42 Å². The van der Waals surface area contributed by atoms with Crippen molar-refractivity contribution in [3.8, 4) is 0 Å². The lowest BCUT2D eigenvalue weighted by Gasteiger charge is -2.31. The Balaban J connectivity index is 1.66. The lowest BCUT2D eigenvalue weighted by atomic mass is 9.96. The number of fused-ring (bicyclic) bond motifs is 1. The van der Waals surface area contributed by atoms with Crippen LogP contribution in [0.3, 0.4) is 0 Å². The summed E-state index contributed by atoms with van der Waals surface area (Å²) in [6.07, 6.45) is 3.38. The molecular formula is C26H32ClN3O4S. The number of halogens is 1. The number of nitrogens with zero attached hydrogens (tertiary/aromatic N) is 2. The van der Waals surface area contributed by atoms with Crippen molar-refractivity contribution in [2.75, 3.05) is 13.1 Å². The molecule has 1 aliphatic carbocycles. The van der Waals surface area contributed by atoms with E-state index in [2.05, 4.69) is 0 Å². The molecule has 0 spiro atoms. The molecule has 1 saturated carbocycles. The molecular weight excluding hydrogens is 486 g/mol. The zero-order valence-corrected chi connectivity index (χ0v) is 21.7. The van der Waals surface area contributed by atoms with Crippen LogP contribution in [0.1, 0.15) is 54.6 Å². The van der Waals surface area contributed by atoms with Crippen LogP contribution in [0.4, 0.5) is 0 Å². The largest absolute Gasteiger partial charge is 0.368 e. The van der Waals surface area contributed by atoms with Crippen LogP contribution in [0.2, 0.25) is 5.02 Å². The molecule has 2 aromatic rings. The molecule has 0 unspecified atom stereocenters. The van der Waals surface area contributed by atoms with Gasteiger partial charge in [-0.2, -0.15) is 4.31 Å². The van der Waals surface area contributed by atoms with Gasteiger partial charge in [-0.15, -0.1) is 0 Å². The fraction of sp³-hybridized carbons (Fsp3) is 0.462. The fourth-order valence-corrected chi connectivity index (χ4v) is 6.30. The van der Waals surface area contributed by atoms with Gasteiger partial charge < -0.3 is 10.6 Å². The zero-order valence-electron chi connectivity index (χ0n) is 20.1. The van der Waals surface area contributed by atoms with E-state index in [-0.39, 0.29) is 23.3 Å². The Kier molecular flexibility index (Phi) is 7.54.